The number of morpholine rings is 1. The van der Waals surface area contributed by atoms with Gasteiger partial charge in [0.1, 0.15) is 6.61 Å². The van der Waals surface area contributed by atoms with Gasteiger partial charge in [0.05, 0.1) is 6.04 Å². The lowest BCUT2D eigenvalue weighted by atomic mass is 9.92. The summed E-state index contributed by atoms with van der Waals surface area (Å²) >= 11 is 6.00. The molecular formula is C15H18ClNO4. The Balaban J connectivity index is 2.54. The monoisotopic (exact) mass is 311 g/mol. The second-order valence-corrected chi connectivity index (χ2v) is 6.44. The Morgan fingerprint density at radius 3 is 2.62 bits per heavy atom. The number of aliphatic carboxylic acids is 1. The molecule has 2 unspecified atom stereocenters. The van der Waals surface area contributed by atoms with Crippen molar-refractivity contribution < 1.29 is 19.4 Å². The molecule has 1 amide bonds. The Bertz CT molecular complexity index is 567. The Hall–Kier alpha value is -1.59. The van der Waals surface area contributed by atoms with E-state index in [2.05, 4.69) is 0 Å². The average Bonchev–Trinajstić information content (AvgIpc) is 2.36. The van der Waals surface area contributed by atoms with Crippen molar-refractivity contribution in [2.75, 3.05) is 6.61 Å². The van der Waals surface area contributed by atoms with Gasteiger partial charge in [-0.2, -0.15) is 0 Å². The summed E-state index contributed by atoms with van der Waals surface area (Å²) in [6, 6.07) is 6.16. The number of rotatable bonds is 2. The van der Waals surface area contributed by atoms with Crippen LogP contribution >= 0.6 is 11.6 Å². The van der Waals surface area contributed by atoms with Crippen LogP contribution in [0.2, 0.25) is 5.02 Å². The average molecular weight is 312 g/mol. The SMILES string of the molecule is CC(C)(C)N1C(=O)COC(C(=O)O)C1c1cccc(Cl)c1. The van der Waals surface area contributed by atoms with Crippen LogP contribution < -0.4 is 0 Å². The zero-order valence-electron chi connectivity index (χ0n) is 12.2. The van der Waals surface area contributed by atoms with Crippen LogP contribution in [0, 0.1) is 0 Å². The van der Waals surface area contributed by atoms with E-state index < -0.39 is 23.7 Å². The van der Waals surface area contributed by atoms with Crippen molar-refractivity contribution in [3.63, 3.8) is 0 Å². The predicted molar refractivity (Wildman–Crippen MR) is 78.2 cm³/mol. The number of amides is 1. The van der Waals surface area contributed by atoms with Crippen LogP contribution in [0.3, 0.4) is 0 Å². The summed E-state index contributed by atoms with van der Waals surface area (Å²) in [5, 5.41) is 9.90. The highest BCUT2D eigenvalue weighted by Gasteiger charge is 2.46. The highest BCUT2D eigenvalue weighted by molar-refractivity contribution is 6.30. The standard InChI is InChI=1S/C15H18ClNO4/c1-15(2,3)17-11(18)8-21-13(14(19)20)12(17)9-5-4-6-10(16)7-9/h4-7,12-13H,8H2,1-3H3,(H,19,20). The number of carbonyl (C=O) groups is 2. The van der Waals surface area contributed by atoms with E-state index in [1.807, 2.05) is 20.8 Å². The lowest BCUT2D eigenvalue weighted by Crippen LogP contribution is -2.58. The van der Waals surface area contributed by atoms with Gasteiger partial charge in [-0.25, -0.2) is 4.79 Å². The molecule has 1 aromatic carbocycles. The predicted octanol–water partition coefficient (Wildman–Crippen LogP) is 2.49. The third-order valence-electron chi connectivity index (χ3n) is 3.38. The first kappa shape index (κ1) is 15.8. The van der Waals surface area contributed by atoms with Crippen molar-refractivity contribution in [2.24, 2.45) is 0 Å². The summed E-state index contributed by atoms with van der Waals surface area (Å²) in [5.41, 5.74) is 0.125. The fraction of sp³-hybridized carbons (Fsp3) is 0.467. The second-order valence-electron chi connectivity index (χ2n) is 6.00. The van der Waals surface area contributed by atoms with Crippen LogP contribution in [0.4, 0.5) is 0 Å². The molecule has 114 valence electrons. The maximum Gasteiger partial charge on any atom is 0.335 e. The number of hydrogen-bond donors (Lipinski definition) is 1. The molecule has 1 heterocycles. The van der Waals surface area contributed by atoms with Crippen LogP contribution in [0.25, 0.3) is 0 Å². The van der Waals surface area contributed by atoms with Gasteiger partial charge in [-0.15, -0.1) is 0 Å². The smallest absolute Gasteiger partial charge is 0.335 e. The number of nitrogens with zero attached hydrogens (tertiary/aromatic N) is 1. The molecule has 2 rings (SSSR count). The molecule has 1 aliphatic heterocycles. The number of carbonyl (C=O) groups excluding carboxylic acids is 1. The molecule has 6 heteroatoms. The summed E-state index contributed by atoms with van der Waals surface area (Å²) in [6.07, 6.45) is -1.11. The largest absolute Gasteiger partial charge is 0.479 e. The molecule has 5 nitrogen and oxygen atoms in total. The van der Waals surface area contributed by atoms with E-state index in [1.165, 1.54) is 0 Å². The third-order valence-corrected chi connectivity index (χ3v) is 3.61. The van der Waals surface area contributed by atoms with Crippen molar-refractivity contribution in [2.45, 2.75) is 38.5 Å². The molecule has 0 aliphatic carbocycles. The van der Waals surface area contributed by atoms with Crippen molar-refractivity contribution in [3.8, 4) is 0 Å². The van der Waals surface area contributed by atoms with Gasteiger partial charge in [0, 0.05) is 10.6 Å². The first-order valence-corrected chi connectivity index (χ1v) is 7.01. The Morgan fingerprint density at radius 2 is 2.10 bits per heavy atom. The molecule has 21 heavy (non-hydrogen) atoms. The summed E-state index contributed by atoms with van der Waals surface area (Å²) in [5.74, 6) is -1.33. The van der Waals surface area contributed by atoms with E-state index in [4.69, 9.17) is 16.3 Å². The Kier molecular flexibility index (Phi) is 4.25. The highest BCUT2D eigenvalue weighted by Crippen LogP contribution is 2.36. The Morgan fingerprint density at radius 1 is 1.43 bits per heavy atom. The molecule has 0 radical (unpaired) electrons. The van der Waals surface area contributed by atoms with Gasteiger partial charge in [-0.1, -0.05) is 23.7 Å². The Labute approximate surface area is 128 Å². The molecule has 1 aliphatic rings. The van der Waals surface area contributed by atoms with Gasteiger partial charge >= 0.3 is 5.97 Å². The van der Waals surface area contributed by atoms with Crippen LogP contribution in [0.5, 0.6) is 0 Å². The normalized spacial score (nSPS) is 23.2. The van der Waals surface area contributed by atoms with Gasteiger partial charge < -0.3 is 14.7 Å². The second kappa shape index (κ2) is 5.66. The lowest BCUT2D eigenvalue weighted by Gasteiger charge is -2.46. The van der Waals surface area contributed by atoms with Gasteiger partial charge in [0.25, 0.3) is 0 Å². The molecule has 0 bridgehead atoms. The topological polar surface area (TPSA) is 66.8 Å². The fourth-order valence-electron chi connectivity index (χ4n) is 2.62. The van der Waals surface area contributed by atoms with Crippen molar-refractivity contribution in [1.82, 2.24) is 4.90 Å². The number of hydrogen-bond acceptors (Lipinski definition) is 3. The number of benzene rings is 1. The van der Waals surface area contributed by atoms with Gasteiger partial charge in [-0.3, -0.25) is 4.79 Å². The first-order chi connectivity index (χ1) is 9.71. The van der Waals surface area contributed by atoms with Crippen molar-refractivity contribution in [1.29, 1.82) is 0 Å². The van der Waals surface area contributed by atoms with Crippen LogP contribution in [0.15, 0.2) is 24.3 Å². The molecule has 0 saturated carbocycles. The zero-order valence-corrected chi connectivity index (χ0v) is 12.9. The highest BCUT2D eigenvalue weighted by atomic mass is 35.5. The number of ether oxygens (including phenoxy) is 1. The fourth-order valence-corrected chi connectivity index (χ4v) is 2.82. The summed E-state index contributed by atoms with van der Waals surface area (Å²) in [4.78, 5) is 25.3. The minimum Gasteiger partial charge on any atom is -0.479 e. The molecule has 1 saturated heterocycles. The minimum absolute atomic E-state index is 0.231. The van der Waals surface area contributed by atoms with Crippen molar-refractivity contribution >= 4 is 23.5 Å². The van der Waals surface area contributed by atoms with Gasteiger partial charge in [-0.05, 0) is 38.5 Å². The van der Waals surface area contributed by atoms with E-state index in [1.54, 1.807) is 29.2 Å². The van der Waals surface area contributed by atoms with E-state index in [9.17, 15) is 14.7 Å². The number of carboxylic acid groups (broad SMARTS) is 1. The maximum absolute atomic E-state index is 12.3. The maximum atomic E-state index is 12.3. The quantitative estimate of drug-likeness (QED) is 0.911. The zero-order chi connectivity index (χ0) is 15.8. The van der Waals surface area contributed by atoms with Crippen LogP contribution in [-0.4, -0.2) is 40.1 Å². The summed E-state index contributed by atoms with van der Waals surface area (Å²) in [7, 11) is 0. The minimum atomic E-state index is -1.11. The number of carboxylic acids is 1. The molecule has 0 spiro atoms. The molecule has 1 N–H and O–H groups in total. The molecule has 1 aromatic rings. The molecule has 0 aromatic heterocycles. The molecule has 1 fully saturated rings. The van der Waals surface area contributed by atoms with E-state index in [0.717, 1.165) is 0 Å². The van der Waals surface area contributed by atoms with Crippen LogP contribution in [0.1, 0.15) is 32.4 Å². The summed E-state index contributed by atoms with van der Waals surface area (Å²) < 4.78 is 5.25. The van der Waals surface area contributed by atoms with Gasteiger partial charge in [0.2, 0.25) is 5.91 Å². The molecular weight excluding hydrogens is 294 g/mol. The molecule has 2 atom stereocenters. The van der Waals surface area contributed by atoms with Crippen molar-refractivity contribution in [3.05, 3.63) is 34.9 Å². The number of halogens is 1. The first-order valence-electron chi connectivity index (χ1n) is 6.64. The van der Waals surface area contributed by atoms with E-state index in [0.29, 0.717) is 10.6 Å². The third kappa shape index (κ3) is 3.19. The van der Waals surface area contributed by atoms with E-state index >= 15 is 0 Å². The van der Waals surface area contributed by atoms with Crippen LogP contribution in [-0.2, 0) is 14.3 Å². The summed E-state index contributed by atoms with van der Waals surface area (Å²) in [6.45, 7) is 5.37. The van der Waals surface area contributed by atoms with E-state index in [-0.39, 0.29) is 12.5 Å². The van der Waals surface area contributed by atoms with Gasteiger partial charge in [0.15, 0.2) is 6.10 Å². The lowest BCUT2D eigenvalue weighted by molar-refractivity contribution is -0.179.